The molecule has 1 unspecified atom stereocenters. The molecule has 0 aliphatic rings. The van der Waals surface area contributed by atoms with E-state index in [2.05, 4.69) is 20.7 Å². The Morgan fingerprint density at radius 3 is 2.76 bits per heavy atom. The zero-order valence-electron chi connectivity index (χ0n) is 9.24. The minimum Gasteiger partial charge on any atom is -0.311 e. The van der Waals surface area contributed by atoms with E-state index in [0.29, 0.717) is 10.0 Å². The fraction of sp³-hybridized carbons (Fsp3) is 0.273. The average molecular weight is 271 g/mol. The second-order valence-electron chi connectivity index (χ2n) is 3.69. The van der Waals surface area contributed by atoms with Gasteiger partial charge in [0.15, 0.2) is 0 Å². The molecule has 0 bridgehead atoms. The summed E-state index contributed by atoms with van der Waals surface area (Å²) in [6.07, 6.45) is 2.48. The van der Waals surface area contributed by atoms with Crippen molar-refractivity contribution in [3.8, 4) is 0 Å². The van der Waals surface area contributed by atoms with Gasteiger partial charge in [0.2, 0.25) is 0 Å². The van der Waals surface area contributed by atoms with Gasteiger partial charge in [0.05, 0.1) is 28.0 Å². The maximum atomic E-state index is 5.98. The van der Waals surface area contributed by atoms with Gasteiger partial charge in [-0.25, -0.2) is 0 Å². The van der Waals surface area contributed by atoms with Gasteiger partial charge in [-0.2, -0.15) is 15.4 Å². The minimum absolute atomic E-state index is 0.103. The Labute approximate surface area is 109 Å². The molecule has 1 aromatic heterocycles. The Balaban J connectivity index is 2.16. The van der Waals surface area contributed by atoms with Crippen molar-refractivity contribution in [2.24, 2.45) is 0 Å². The molecule has 90 valence electrons. The number of H-pyrrole nitrogens is 1. The SMILES string of the molecule is CNC(Cc1ccc(Cl)c(Cl)c1)c1cn[nH]n1. The maximum absolute atomic E-state index is 5.98. The molecule has 4 nitrogen and oxygen atoms in total. The first-order chi connectivity index (χ1) is 8.20. The van der Waals surface area contributed by atoms with Gasteiger partial charge >= 0.3 is 0 Å². The quantitative estimate of drug-likeness (QED) is 0.898. The van der Waals surface area contributed by atoms with Crippen molar-refractivity contribution >= 4 is 23.2 Å². The zero-order valence-corrected chi connectivity index (χ0v) is 10.8. The molecule has 1 atom stereocenters. The lowest BCUT2D eigenvalue weighted by Gasteiger charge is -2.13. The van der Waals surface area contributed by atoms with Crippen LogP contribution >= 0.6 is 23.2 Å². The Hall–Kier alpha value is -1.10. The van der Waals surface area contributed by atoms with Crippen molar-refractivity contribution in [2.75, 3.05) is 7.05 Å². The van der Waals surface area contributed by atoms with E-state index >= 15 is 0 Å². The average Bonchev–Trinajstić information content (AvgIpc) is 2.84. The largest absolute Gasteiger partial charge is 0.311 e. The maximum Gasteiger partial charge on any atom is 0.0997 e. The first-order valence-corrected chi connectivity index (χ1v) is 5.93. The van der Waals surface area contributed by atoms with E-state index in [0.717, 1.165) is 17.7 Å². The van der Waals surface area contributed by atoms with E-state index in [4.69, 9.17) is 23.2 Å². The number of hydrogen-bond donors (Lipinski definition) is 2. The Morgan fingerprint density at radius 2 is 2.18 bits per heavy atom. The third kappa shape index (κ3) is 2.97. The summed E-state index contributed by atoms with van der Waals surface area (Å²) in [7, 11) is 1.89. The summed E-state index contributed by atoms with van der Waals surface area (Å²) in [6, 6.07) is 5.73. The van der Waals surface area contributed by atoms with E-state index in [1.165, 1.54) is 0 Å². The van der Waals surface area contributed by atoms with E-state index in [-0.39, 0.29) is 6.04 Å². The second-order valence-corrected chi connectivity index (χ2v) is 4.50. The monoisotopic (exact) mass is 270 g/mol. The van der Waals surface area contributed by atoms with E-state index in [1.54, 1.807) is 12.3 Å². The van der Waals surface area contributed by atoms with Gasteiger partial charge in [-0.05, 0) is 31.2 Å². The lowest BCUT2D eigenvalue weighted by atomic mass is 10.0. The summed E-state index contributed by atoms with van der Waals surface area (Å²) in [5.74, 6) is 0. The lowest BCUT2D eigenvalue weighted by Crippen LogP contribution is -2.19. The molecule has 0 aliphatic carbocycles. The highest BCUT2D eigenvalue weighted by Gasteiger charge is 2.13. The van der Waals surface area contributed by atoms with Crippen LogP contribution in [0.2, 0.25) is 10.0 Å². The topological polar surface area (TPSA) is 53.6 Å². The van der Waals surface area contributed by atoms with Crippen LogP contribution < -0.4 is 5.32 Å². The van der Waals surface area contributed by atoms with Crippen LogP contribution in [0.15, 0.2) is 24.4 Å². The van der Waals surface area contributed by atoms with Gasteiger partial charge < -0.3 is 5.32 Å². The number of nitrogens with zero attached hydrogens (tertiary/aromatic N) is 2. The molecule has 0 radical (unpaired) electrons. The number of aromatic nitrogens is 3. The van der Waals surface area contributed by atoms with Crippen LogP contribution in [0.5, 0.6) is 0 Å². The summed E-state index contributed by atoms with van der Waals surface area (Å²) in [5.41, 5.74) is 1.97. The molecule has 0 saturated heterocycles. The van der Waals surface area contributed by atoms with Crippen LogP contribution in [0.1, 0.15) is 17.3 Å². The fourth-order valence-corrected chi connectivity index (χ4v) is 1.96. The van der Waals surface area contributed by atoms with Gasteiger partial charge in [-0.1, -0.05) is 29.3 Å². The highest BCUT2D eigenvalue weighted by molar-refractivity contribution is 6.42. The normalized spacial score (nSPS) is 12.6. The van der Waals surface area contributed by atoms with Crippen LogP contribution in [-0.2, 0) is 6.42 Å². The number of benzene rings is 1. The first kappa shape index (κ1) is 12.4. The van der Waals surface area contributed by atoms with Crippen molar-refractivity contribution in [1.82, 2.24) is 20.7 Å². The third-order valence-electron chi connectivity index (χ3n) is 2.56. The van der Waals surface area contributed by atoms with E-state index in [1.807, 2.05) is 19.2 Å². The number of hydrogen-bond acceptors (Lipinski definition) is 3. The molecule has 6 heteroatoms. The van der Waals surface area contributed by atoms with Crippen molar-refractivity contribution in [3.63, 3.8) is 0 Å². The Bertz CT molecular complexity index is 484. The molecular weight excluding hydrogens is 259 g/mol. The summed E-state index contributed by atoms with van der Waals surface area (Å²) in [5, 5.41) is 14.8. The second kappa shape index (κ2) is 5.49. The van der Waals surface area contributed by atoms with Crippen LogP contribution in [0.3, 0.4) is 0 Å². The number of nitrogens with one attached hydrogen (secondary N) is 2. The van der Waals surface area contributed by atoms with Crippen molar-refractivity contribution in [2.45, 2.75) is 12.5 Å². The number of halogens is 2. The molecule has 2 aromatic rings. The van der Waals surface area contributed by atoms with Gasteiger partial charge in [0.25, 0.3) is 0 Å². The number of aromatic amines is 1. The van der Waals surface area contributed by atoms with Gasteiger partial charge in [0.1, 0.15) is 0 Å². The molecule has 2 rings (SSSR count). The smallest absolute Gasteiger partial charge is 0.0997 e. The Kier molecular flexibility index (Phi) is 3.99. The molecule has 0 fully saturated rings. The molecule has 1 heterocycles. The summed E-state index contributed by atoms with van der Waals surface area (Å²) in [4.78, 5) is 0. The molecule has 1 aromatic carbocycles. The van der Waals surface area contributed by atoms with Crippen molar-refractivity contribution in [3.05, 3.63) is 45.7 Å². The van der Waals surface area contributed by atoms with Gasteiger partial charge in [-0.15, -0.1) is 0 Å². The van der Waals surface area contributed by atoms with E-state index < -0.39 is 0 Å². The number of likely N-dealkylation sites (N-methyl/N-ethyl adjacent to an activating group) is 1. The summed E-state index contributed by atoms with van der Waals surface area (Å²) in [6.45, 7) is 0. The van der Waals surface area contributed by atoms with Gasteiger partial charge in [0, 0.05) is 0 Å². The standard InChI is InChI=1S/C11H12Cl2N4/c1-14-10(11-6-15-17-16-11)5-7-2-3-8(12)9(13)4-7/h2-4,6,10,14H,5H2,1H3,(H,15,16,17). The molecule has 0 amide bonds. The predicted octanol–water partition coefficient (Wildman–Crippen LogP) is 2.61. The minimum atomic E-state index is 0.103. The van der Waals surface area contributed by atoms with E-state index in [9.17, 15) is 0 Å². The van der Waals surface area contributed by atoms with Crippen LogP contribution in [0.25, 0.3) is 0 Å². The summed E-state index contributed by atoms with van der Waals surface area (Å²) < 4.78 is 0. The molecule has 0 aliphatic heterocycles. The number of rotatable bonds is 4. The molecule has 2 N–H and O–H groups in total. The third-order valence-corrected chi connectivity index (χ3v) is 3.30. The predicted molar refractivity (Wildman–Crippen MR) is 68.3 cm³/mol. The first-order valence-electron chi connectivity index (χ1n) is 5.17. The van der Waals surface area contributed by atoms with Crippen molar-refractivity contribution < 1.29 is 0 Å². The highest BCUT2D eigenvalue weighted by atomic mass is 35.5. The zero-order chi connectivity index (χ0) is 12.3. The molecule has 0 saturated carbocycles. The fourth-order valence-electron chi connectivity index (χ4n) is 1.64. The molecule has 0 spiro atoms. The molecular formula is C11H12Cl2N4. The summed E-state index contributed by atoms with van der Waals surface area (Å²) >= 11 is 11.9. The van der Waals surface area contributed by atoms with Gasteiger partial charge in [-0.3, -0.25) is 0 Å². The lowest BCUT2D eigenvalue weighted by molar-refractivity contribution is 0.574. The Morgan fingerprint density at radius 1 is 1.35 bits per heavy atom. The van der Waals surface area contributed by atoms with Crippen LogP contribution in [-0.4, -0.2) is 22.5 Å². The van der Waals surface area contributed by atoms with Crippen molar-refractivity contribution in [1.29, 1.82) is 0 Å². The van der Waals surface area contributed by atoms with Crippen LogP contribution in [0, 0.1) is 0 Å². The molecule has 17 heavy (non-hydrogen) atoms. The van der Waals surface area contributed by atoms with Crippen LogP contribution in [0.4, 0.5) is 0 Å². The highest BCUT2D eigenvalue weighted by Crippen LogP contribution is 2.24.